The number of hydrogen-bond donors (Lipinski definition) is 0. The molecular weight excluding hydrogens is 415 g/mol. The van der Waals surface area contributed by atoms with E-state index in [4.69, 9.17) is 27.6 Å². The van der Waals surface area contributed by atoms with E-state index in [0.717, 1.165) is 34.7 Å². The van der Waals surface area contributed by atoms with E-state index in [1.54, 1.807) is 6.07 Å². The van der Waals surface area contributed by atoms with Crippen LogP contribution in [0.15, 0.2) is 51.8 Å². The molecule has 1 fully saturated rings. The number of carbonyl (C=O) groups excluding carboxylic acids is 1. The third-order valence-corrected chi connectivity index (χ3v) is 6.85. The van der Waals surface area contributed by atoms with Crippen molar-refractivity contribution in [1.29, 1.82) is 0 Å². The molecule has 2 heterocycles. The van der Waals surface area contributed by atoms with Gasteiger partial charge in [0.1, 0.15) is 5.52 Å². The Hall–Kier alpha value is -1.69. The fourth-order valence-corrected chi connectivity index (χ4v) is 4.88. The Balaban J connectivity index is 1.37. The second kappa shape index (κ2) is 8.36. The maximum atomic E-state index is 12.8. The second-order valence-electron chi connectivity index (χ2n) is 6.95. The van der Waals surface area contributed by atoms with Crippen molar-refractivity contribution in [3.8, 4) is 0 Å². The Kier molecular flexibility index (Phi) is 5.85. The summed E-state index contributed by atoms with van der Waals surface area (Å²) in [6, 6.07) is 13.1. The number of amides is 1. The first-order valence-electron chi connectivity index (χ1n) is 9.27. The number of thioether (sulfide) groups is 1. The average molecular weight is 435 g/mol. The maximum Gasteiger partial charge on any atom is 0.235 e. The Morgan fingerprint density at radius 2 is 1.96 bits per heavy atom. The van der Waals surface area contributed by atoms with Gasteiger partial charge in [0.15, 0.2) is 11.5 Å². The van der Waals surface area contributed by atoms with Gasteiger partial charge in [-0.05, 0) is 50.1 Å². The van der Waals surface area contributed by atoms with E-state index in [1.807, 2.05) is 48.2 Å². The van der Waals surface area contributed by atoms with E-state index in [9.17, 15) is 4.79 Å². The summed E-state index contributed by atoms with van der Waals surface area (Å²) in [6.07, 6.45) is 1.69. The third kappa shape index (κ3) is 4.17. The molecule has 1 unspecified atom stereocenters. The monoisotopic (exact) mass is 434 g/mol. The van der Waals surface area contributed by atoms with Crippen LogP contribution in [0.25, 0.3) is 11.1 Å². The zero-order valence-electron chi connectivity index (χ0n) is 15.4. The molecule has 28 heavy (non-hydrogen) atoms. The molecule has 0 bridgehead atoms. The van der Waals surface area contributed by atoms with Gasteiger partial charge in [0.25, 0.3) is 0 Å². The molecule has 1 aromatic heterocycles. The Labute approximate surface area is 178 Å². The van der Waals surface area contributed by atoms with Gasteiger partial charge in [0, 0.05) is 28.9 Å². The van der Waals surface area contributed by atoms with Crippen molar-refractivity contribution in [2.75, 3.05) is 13.1 Å². The van der Waals surface area contributed by atoms with Crippen molar-refractivity contribution in [2.24, 2.45) is 0 Å². The van der Waals surface area contributed by atoms with E-state index in [0.29, 0.717) is 23.1 Å². The molecule has 0 N–H and O–H groups in total. The van der Waals surface area contributed by atoms with Crippen LogP contribution in [0.5, 0.6) is 0 Å². The van der Waals surface area contributed by atoms with Gasteiger partial charge in [-0.25, -0.2) is 4.98 Å². The van der Waals surface area contributed by atoms with E-state index in [1.165, 1.54) is 11.8 Å². The van der Waals surface area contributed by atoms with Crippen LogP contribution in [-0.2, 0) is 4.79 Å². The van der Waals surface area contributed by atoms with Crippen molar-refractivity contribution in [1.82, 2.24) is 9.88 Å². The molecule has 2 aromatic carbocycles. The van der Waals surface area contributed by atoms with Crippen molar-refractivity contribution in [3.63, 3.8) is 0 Å². The molecule has 0 saturated carbocycles. The zero-order valence-corrected chi connectivity index (χ0v) is 17.7. The van der Waals surface area contributed by atoms with Gasteiger partial charge in [-0.15, -0.1) is 11.8 Å². The highest BCUT2D eigenvalue weighted by Gasteiger charge is 2.29. The summed E-state index contributed by atoms with van der Waals surface area (Å²) in [7, 11) is 0. The molecule has 0 spiro atoms. The number of benzene rings is 2. The highest BCUT2D eigenvalue weighted by molar-refractivity contribution is 8.00. The van der Waals surface area contributed by atoms with Crippen LogP contribution in [0.2, 0.25) is 10.0 Å². The van der Waals surface area contributed by atoms with Crippen molar-refractivity contribution in [2.45, 2.75) is 35.8 Å². The lowest BCUT2D eigenvalue weighted by atomic mass is 9.96. The summed E-state index contributed by atoms with van der Waals surface area (Å²) >= 11 is 13.8. The molecule has 4 nitrogen and oxygen atoms in total. The quantitative estimate of drug-likeness (QED) is 0.470. The number of nitrogens with zero attached hydrogens (tertiary/aromatic N) is 2. The van der Waals surface area contributed by atoms with Crippen molar-refractivity contribution in [3.05, 3.63) is 58.4 Å². The zero-order chi connectivity index (χ0) is 19.7. The third-order valence-electron chi connectivity index (χ3n) is 5.01. The highest BCUT2D eigenvalue weighted by atomic mass is 35.5. The van der Waals surface area contributed by atoms with Crippen molar-refractivity contribution >= 4 is 52.0 Å². The Morgan fingerprint density at radius 3 is 2.71 bits per heavy atom. The van der Waals surface area contributed by atoms with Gasteiger partial charge in [-0.2, -0.15) is 0 Å². The van der Waals surface area contributed by atoms with Crippen LogP contribution in [-0.4, -0.2) is 34.1 Å². The minimum absolute atomic E-state index is 0.146. The van der Waals surface area contributed by atoms with Crippen LogP contribution in [0.1, 0.15) is 31.6 Å². The number of piperidine rings is 1. The summed E-state index contributed by atoms with van der Waals surface area (Å²) in [5, 5.41) is 1.16. The molecule has 0 aliphatic carbocycles. The Bertz CT molecular complexity index is 999. The van der Waals surface area contributed by atoms with E-state index < -0.39 is 0 Å². The van der Waals surface area contributed by atoms with Crippen LogP contribution in [0, 0.1) is 0 Å². The summed E-state index contributed by atoms with van der Waals surface area (Å²) in [6.45, 7) is 3.35. The average Bonchev–Trinajstić information content (AvgIpc) is 3.12. The predicted molar refractivity (Wildman–Crippen MR) is 114 cm³/mol. The summed E-state index contributed by atoms with van der Waals surface area (Å²) in [5.74, 6) is 1.11. The molecule has 0 radical (unpaired) electrons. The number of likely N-dealkylation sites (tertiary alicyclic amines) is 1. The molecular formula is C21H20Cl2N2O2S. The molecule has 3 aromatic rings. The molecule has 1 saturated heterocycles. The van der Waals surface area contributed by atoms with E-state index >= 15 is 0 Å². The smallest absolute Gasteiger partial charge is 0.235 e. The van der Waals surface area contributed by atoms with Gasteiger partial charge >= 0.3 is 0 Å². The van der Waals surface area contributed by atoms with Crippen LogP contribution in [0.3, 0.4) is 0 Å². The minimum atomic E-state index is -0.178. The maximum absolute atomic E-state index is 12.8. The van der Waals surface area contributed by atoms with Gasteiger partial charge in [0.05, 0.1) is 10.3 Å². The lowest BCUT2D eigenvalue weighted by Crippen LogP contribution is -2.41. The van der Waals surface area contributed by atoms with E-state index in [2.05, 4.69) is 4.98 Å². The summed E-state index contributed by atoms with van der Waals surface area (Å²) in [5.41, 5.74) is 1.54. The standard InChI is InChI=1S/C21H20Cl2N2O2S/c1-13(28-19-5-3-2-4-16(19)23)21(26)25-10-8-14(9-11-25)20-24-17-12-15(22)6-7-18(17)27-20/h2-7,12-14H,8-11H2,1H3. The van der Waals surface area contributed by atoms with E-state index in [-0.39, 0.29) is 17.1 Å². The predicted octanol–water partition coefficient (Wildman–Crippen LogP) is 6.02. The summed E-state index contributed by atoms with van der Waals surface area (Å²) < 4.78 is 5.91. The Morgan fingerprint density at radius 1 is 1.21 bits per heavy atom. The number of carbonyl (C=O) groups is 1. The number of aromatic nitrogens is 1. The van der Waals surface area contributed by atoms with Crippen LogP contribution in [0.4, 0.5) is 0 Å². The number of halogens is 2. The number of oxazole rings is 1. The normalized spacial score (nSPS) is 16.5. The minimum Gasteiger partial charge on any atom is -0.440 e. The summed E-state index contributed by atoms with van der Waals surface area (Å²) in [4.78, 5) is 20.3. The van der Waals surface area contributed by atoms with Gasteiger partial charge in [-0.3, -0.25) is 4.79 Å². The first kappa shape index (κ1) is 19.6. The number of fused-ring (bicyclic) bond motifs is 1. The van der Waals surface area contributed by atoms with Gasteiger partial charge in [-0.1, -0.05) is 35.3 Å². The molecule has 7 heteroatoms. The van der Waals surface area contributed by atoms with Crippen molar-refractivity contribution < 1.29 is 9.21 Å². The molecule has 4 rings (SSSR count). The second-order valence-corrected chi connectivity index (χ2v) is 9.18. The molecule has 1 atom stereocenters. The number of hydrogen-bond acceptors (Lipinski definition) is 4. The fourth-order valence-electron chi connectivity index (χ4n) is 3.48. The SMILES string of the molecule is CC(Sc1ccccc1Cl)C(=O)N1CCC(c2nc3cc(Cl)ccc3o2)CC1. The topological polar surface area (TPSA) is 46.3 Å². The van der Waals surface area contributed by atoms with Gasteiger partial charge in [0.2, 0.25) is 5.91 Å². The molecule has 1 aliphatic rings. The number of rotatable bonds is 4. The van der Waals surface area contributed by atoms with Crippen LogP contribution >= 0.6 is 35.0 Å². The lowest BCUT2D eigenvalue weighted by molar-refractivity contribution is -0.131. The fraction of sp³-hybridized carbons (Fsp3) is 0.333. The lowest BCUT2D eigenvalue weighted by Gasteiger charge is -2.32. The molecule has 1 aliphatic heterocycles. The van der Waals surface area contributed by atoms with Crippen LogP contribution < -0.4 is 0 Å². The van der Waals surface area contributed by atoms with Gasteiger partial charge < -0.3 is 9.32 Å². The highest BCUT2D eigenvalue weighted by Crippen LogP contribution is 2.34. The first-order chi connectivity index (χ1) is 13.5. The first-order valence-corrected chi connectivity index (χ1v) is 10.9. The largest absolute Gasteiger partial charge is 0.440 e. The molecule has 1 amide bonds. The molecule has 146 valence electrons.